The highest BCUT2D eigenvalue weighted by molar-refractivity contribution is 5.98. The van der Waals surface area contributed by atoms with Crippen molar-refractivity contribution < 1.29 is 14.3 Å². The van der Waals surface area contributed by atoms with Crippen LogP contribution < -0.4 is 0 Å². The Kier molecular flexibility index (Phi) is 6.26. The molecular formula is C23H25N5O3. The average Bonchev–Trinajstić information content (AvgIpc) is 3.27. The number of hydrogen-bond acceptors (Lipinski definition) is 5. The Bertz CT molecular complexity index is 1020. The van der Waals surface area contributed by atoms with Gasteiger partial charge in [0.05, 0.1) is 23.6 Å². The number of carbonyl (C=O) groups excluding carboxylic acids is 2. The van der Waals surface area contributed by atoms with Crippen LogP contribution in [0.3, 0.4) is 0 Å². The molecular weight excluding hydrogens is 394 g/mol. The van der Waals surface area contributed by atoms with E-state index in [1.54, 1.807) is 23.4 Å². The molecule has 1 fully saturated rings. The molecule has 1 unspecified atom stereocenters. The smallest absolute Gasteiger partial charge is 0.410 e. The Morgan fingerprint density at radius 1 is 0.968 bits per heavy atom. The van der Waals surface area contributed by atoms with E-state index < -0.39 is 0 Å². The fourth-order valence-corrected chi connectivity index (χ4v) is 3.68. The molecule has 1 aliphatic rings. The van der Waals surface area contributed by atoms with Crippen LogP contribution in [0.15, 0.2) is 67.0 Å². The van der Waals surface area contributed by atoms with Gasteiger partial charge in [-0.3, -0.25) is 4.79 Å². The van der Waals surface area contributed by atoms with Crippen molar-refractivity contribution in [2.75, 3.05) is 19.6 Å². The van der Waals surface area contributed by atoms with Crippen LogP contribution in [0.1, 0.15) is 29.3 Å². The van der Waals surface area contributed by atoms with Crippen LogP contribution in [0.25, 0.3) is 5.69 Å². The maximum Gasteiger partial charge on any atom is 0.410 e. The van der Waals surface area contributed by atoms with Gasteiger partial charge in [0.15, 0.2) is 0 Å². The first kappa shape index (κ1) is 20.6. The summed E-state index contributed by atoms with van der Waals surface area (Å²) in [4.78, 5) is 30.9. The monoisotopic (exact) mass is 419 g/mol. The Morgan fingerprint density at radius 2 is 1.68 bits per heavy atom. The topological polar surface area (TPSA) is 80.6 Å². The Hall–Kier alpha value is -3.68. The van der Waals surface area contributed by atoms with Gasteiger partial charge in [0.2, 0.25) is 0 Å². The summed E-state index contributed by atoms with van der Waals surface area (Å²) in [6.45, 7) is 3.64. The standard InChI is InChI=1S/C23H25N5O3/c1-18-11-14-26(23(30)31-17-19-7-3-2-4-8-19)15-16-27(18)22(29)20-9-5-6-10-21(20)28-24-12-13-25-28/h2-10,12-13,18H,11,14-17H2,1H3. The number of hydrogen-bond donors (Lipinski definition) is 0. The summed E-state index contributed by atoms with van der Waals surface area (Å²) < 4.78 is 5.47. The predicted octanol–water partition coefficient (Wildman–Crippen LogP) is 3.14. The molecule has 31 heavy (non-hydrogen) atoms. The van der Waals surface area contributed by atoms with Crippen molar-refractivity contribution in [2.24, 2.45) is 0 Å². The molecule has 0 saturated carbocycles. The zero-order chi connectivity index (χ0) is 21.6. The SMILES string of the molecule is CC1CCN(C(=O)OCc2ccccc2)CCN1C(=O)c1ccccc1-n1nccn1. The second kappa shape index (κ2) is 9.42. The van der Waals surface area contributed by atoms with E-state index >= 15 is 0 Å². The molecule has 2 heterocycles. The Labute approximate surface area is 181 Å². The maximum atomic E-state index is 13.4. The Balaban J connectivity index is 1.43. The lowest BCUT2D eigenvalue weighted by atomic mass is 10.1. The second-order valence-electron chi connectivity index (χ2n) is 7.50. The molecule has 0 aliphatic carbocycles. The van der Waals surface area contributed by atoms with Gasteiger partial charge in [0, 0.05) is 25.7 Å². The number of rotatable bonds is 4. The molecule has 8 nitrogen and oxygen atoms in total. The highest BCUT2D eigenvalue weighted by atomic mass is 16.6. The summed E-state index contributed by atoms with van der Waals surface area (Å²) in [5.74, 6) is -0.0973. The third-order valence-corrected chi connectivity index (χ3v) is 5.45. The third-order valence-electron chi connectivity index (χ3n) is 5.45. The van der Waals surface area contributed by atoms with E-state index in [0.717, 1.165) is 5.56 Å². The minimum absolute atomic E-state index is 0.0157. The van der Waals surface area contributed by atoms with Crippen molar-refractivity contribution in [2.45, 2.75) is 26.0 Å². The minimum atomic E-state index is -0.355. The van der Waals surface area contributed by atoms with E-state index in [4.69, 9.17) is 4.74 Å². The lowest BCUT2D eigenvalue weighted by Gasteiger charge is -2.27. The molecule has 4 rings (SSSR count). The van der Waals surface area contributed by atoms with E-state index in [9.17, 15) is 9.59 Å². The zero-order valence-corrected chi connectivity index (χ0v) is 17.4. The second-order valence-corrected chi connectivity index (χ2v) is 7.50. The van der Waals surface area contributed by atoms with Crippen molar-refractivity contribution in [1.29, 1.82) is 0 Å². The van der Waals surface area contributed by atoms with Gasteiger partial charge in [-0.2, -0.15) is 15.0 Å². The largest absolute Gasteiger partial charge is 0.445 e. The fourth-order valence-electron chi connectivity index (χ4n) is 3.68. The molecule has 1 aromatic heterocycles. The van der Waals surface area contributed by atoms with E-state index in [2.05, 4.69) is 10.2 Å². The summed E-state index contributed by atoms with van der Waals surface area (Å²) in [6.07, 6.45) is 3.48. The molecule has 0 spiro atoms. The molecule has 3 aromatic rings. The van der Waals surface area contributed by atoms with Gasteiger partial charge in [-0.15, -0.1) is 0 Å². The lowest BCUT2D eigenvalue weighted by Crippen LogP contribution is -2.41. The highest BCUT2D eigenvalue weighted by Gasteiger charge is 2.29. The number of amides is 2. The highest BCUT2D eigenvalue weighted by Crippen LogP contribution is 2.20. The molecule has 0 radical (unpaired) electrons. The van der Waals surface area contributed by atoms with Gasteiger partial charge >= 0.3 is 6.09 Å². The van der Waals surface area contributed by atoms with Crippen LogP contribution >= 0.6 is 0 Å². The molecule has 1 atom stereocenters. The van der Waals surface area contributed by atoms with Gasteiger partial charge in [-0.25, -0.2) is 4.79 Å². The van der Waals surface area contributed by atoms with Crippen molar-refractivity contribution in [3.8, 4) is 5.69 Å². The van der Waals surface area contributed by atoms with Crippen LogP contribution in [0.2, 0.25) is 0 Å². The average molecular weight is 419 g/mol. The quantitative estimate of drug-likeness (QED) is 0.649. The fraction of sp³-hybridized carbons (Fsp3) is 0.304. The molecule has 2 aromatic carbocycles. The maximum absolute atomic E-state index is 13.4. The van der Waals surface area contributed by atoms with E-state index in [-0.39, 0.29) is 24.6 Å². The minimum Gasteiger partial charge on any atom is -0.445 e. The van der Waals surface area contributed by atoms with Gasteiger partial charge in [-0.05, 0) is 31.0 Å². The lowest BCUT2D eigenvalue weighted by molar-refractivity contribution is 0.0693. The zero-order valence-electron chi connectivity index (χ0n) is 17.4. The number of ether oxygens (including phenoxy) is 1. The van der Waals surface area contributed by atoms with Gasteiger partial charge in [0.25, 0.3) is 5.91 Å². The molecule has 0 N–H and O–H groups in total. The van der Waals surface area contributed by atoms with Gasteiger partial charge in [0.1, 0.15) is 6.61 Å². The number of para-hydroxylation sites is 1. The molecule has 1 saturated heterocycles. The van der Waals surface area contributed by atoms with Crippen molar-refractivity contribution in [1.82, 2.24) is 24.8 Å². The van der Waals surface area contributed by atoms with Crippen LogP contribution in [0.4, 0.5) is 4.79 Å². The third kappa shape index (κ3) is 4.74. The van der Waals surface area contributed by atoms with E-state index in [1.807, 2.05) is 60.4 Å². The van der Waals surface area contributed by atoms with Crippen LogP contribution in [0, 0.1) is 0 Å². The number of aromatic nitrogens is 3. The van der Waals surface area contributed by atoms with Crippen LogP contribution in [0.5, 0.6) is 0 Å². The summed E-state index contributed by atoms with van der Waals surface area (Å²) in [5, 5.41) is 8.32. The van der Waals surface area contributed by atoms with Crippen molar-refractivity contribution in [3.63, 3.8) is 0 Å². The van der Waals surface area contributed by atoms with Crippen molar-refractivity contribution >= 4 is 12.0 Å². The number of benzene rings is 2. The molecule has 160 valence electrons. The molecule has 0 bridgehead atoms. The predicted molar refractivity (Wildman–Crippen MR) is 115 cm³/mol. The van der Waals surface area contributed by atoms with Crippen LogP contribution in [-0.2, 0) is 11.3 Å². The summed E-state index contributed by atoms with van der Waals surface area (Å²) in [5.41, 5.74) is 2.11. The first-order valence-electron chi connectivity index (χ1n) is 10.4. The van der Waals surface area contributed by atoms with E-state index in [1.165, 1.54) is 4.80 Å². The summed E-state index contributed by atoms with van der Waals surface area (Å²) in [7, 11) is 0. The molecule has 1 aliphatic heterocycles. The first-order valence-corrected chi connectivity index (χ1v) is 10.4. The number of nitrogens with zero attached hydrogens (tertiary/aromatic N) is 5. The van der Waals surface area contributed by atoms with Gasteiger partial charge in [-0.1, -0.05) is 42.5 Å². The van der Waals surface area contributed by atoms with Crippen molar-refractivity contribution in [3.05, 3.63) is 78.1 Å². The molecule has 2 amide bonds. The molecule has 8 heteroatoms. The van der Waals surface area contributed by atoms with Gasteiger partial charge < -0.3 is 14.5 Å². The summed E-state index contributed by atoms with van der Waals surface area (Å²) in [6, 6.07) is 16.9. The number of carbonyl (C=O) groups is 2. The normalized spacial score (nSPS) is 16.6. The first-order chi connectivity index (χ1) is 15.1. The Morgan fingerprint density at radius 3 is 2.45 bits per heavy atom. The summed E-state index contributed by atoms with van der Waals surface area (Å²) >= 11 is 0. The van der Waals surface area contributed by atoms with Crippen LogP contribution in [-0.4, -0.2) is 62.5 Å². The van der Waals surface area contributed by atoms with E-state index in [0.29, 0.717) is 37.3 Å².